The molecular weight excluding hydrogens is 238 g/mol. The van der Waals surface area contributed by atoms with Gasteiger partial charge in [-0.3, -0.25) is 0 Å². The topological polar surface area (TPSA) is 29.5 Å². The summed E-state index contributed by atoms with van der Waals surface area (Å²) in [5, 5.41) is 10.6. The predicted molar refractivity (Wildman–Crippen MR) is 64.3 cm³/mol. The Labute approximate surface area is 106 Å². The second-order valence-corrected chi connectivity index (χ2v) is 4.94. The highest BCUT2D eigenvalue weighted by molar-refractivity contribution is 5.30. The molecule has 1 aliphatic heterocycles. The largest absolute Gasteiger partial charge is 0.385 e. The number of halogens is 2. The number of hydrogen-bond acceptors (Lipinski definition) is 2. The second kappa shape index (κ2) is 4.94. The fourth-order valence-electron chi connectivity index (χ4n) is 2.44. The number of benzene rings is 1. The van der Waals surface area contributed by atoms with Crippen molar-refractivity contribution in [3.8, 4) is 0 Å². The zero-order chi connectivity index (χ0) is 13.3. The molecule has 1 heterocycles. The molecule has 0 aromatic heterocycles. The third-order valence-corrected chi connectivity index (χ3v) is 3.67. The molecule has 2 rings (SSSR count). The van der Waals surface area contributed by atoms with E-state index in [0.717, 1.165) is 6.42 Å². The Kier molecular flexibility index (Phi) is 3.69. The van der Waals surface area contributed by atoms with Crippen molar-refractivity contribution in [1.82, 2.24) is 0 Å². The smallest absolute Gasteiger partial charge is 0.165 e. The monoisotopic (exact) mass is 256 g/mol. The van der Waals surface area contributed by atoms with Crippen molar-refractivity contribution in [1.29, 1.82) is 0 Å². The minimum atomic E-state index is -1.32. The standard InChI is InChI=1S/C14H18F2O2/c1-3-10-8-14(17,6-7-18-10)11-5-4-9(2)12(15)13(11)16/h4-5,10,17H,3,6-8H2,1-2H3. The summed E-state index contributed by atoms with van der Waals surface area (Å²) in [6, 6.07) is 2.98. The summed E-state index contributed by atoms with van der Waals surface area (Å²) < 4.78 is 33.0. The molecule has 1 aromatic carbocycles. The van der Waals surface area contributed by atoms with Crippen LogP contribution in [0.25, 0.3) is 0 Å². The van der Waals surface area contributed by atoms with Gasteiger partial charge in [0.25, 0.3) is 0 Å². The lowest BCUT2D eigenvalue weighted by molar-refractivity contribution is -0.110. The van der Waals surface area contributed by atoms with Gasteiger partial charge in [0.1, 0.15) is 0 Å². The van der Waals surface area contributed by atoms with Gasteiger partial charge in [0, 0.05) is 18.4 Å². The summed E-state index contributed by atoms with van der Waals surface area (Å²) in [5.41, 5.74) is -1.02. The molecule has 0 spiro atoms. The van der Waals surface area contributed by atoms with Crippen LogP contribution < -0.4 is 0 Å². The molecule has 4 heteroatoms. The molecule has 1 aliphatic rings. The van der Waals surface area contributed by atoms with Crippen LogP contribution in [0.5, 0.6) is 0 Å². The van der Waals surface area contributed by atoms with Crippen LogP contribution in [-0.4, -0.2) is 17.8 Å². The lowest BCUT2D eigenvalue weighted by Gasteiger charge is -2.37. The molecule has 1 fully saturated rings. The van der Waals surface area contributed by atoms with Gasteiger partial charge in [-0.2, -0.15) is 0 Å². The van der Waals surface area contributed by atoms with E-state index in [0.29, 0.717) is 19.4 Å². The third kappa shape index (κ3) is 2.27. The lowest BCUT2D eigenvalue weighted by atomic mass is 9.82. The van der Waals surface area contributed by atoms with Gasteiger partial charge in [-0.05, 0) is 18.9 Å². The summed E-state index contributed by atoms with van der Waals surface area (Å²) in [7, 11) is 0. The van der Waals surface area contributed by atoms with Crippen LogP contribution in [0.15, 0.2) is 12.1 Å². The lowest BCUT2D eigenvalue weighted by Crippen LogP contribution is -2.39. The fourth-order valence-corrected chi connectivity index (χ4v) is 2.44. The Hall–Kier alpha value is -1.00. The molecule has 0 radical (unpaired) electrons. The van der Waals surface area contributed by atoms with Gasteiger partial charge in [-0.1, -0.05) is 19.1 Å². The van der Waals surface area contributed by atoms with E-state index in [2.05, 4.69) is 0 Å². The maximum absolute atomic E-state index is 13.9. The molecule has 2 unspecified atom stereocenters. The van der Waals surface area contributed by atoms with Gasteiger partial charge in [0.2, 0.25) is 0 Å². The van der Waals surface area contributed by atoms with Crippen molar-refractivity contribution in [2.75, 3.05) is 6.61 Å². The number of ether oxygens (including phenoxy) is 1. The Bertz CT molecular complexity index is 448. The molecule has 0 bridgehead atoms. The van der Waals surface area contributed by atoms with Crippen LogP contribution in [0.2, 0.25) is 0 Å². The molecule has 0 aliphatic carbocycles. The minimum absolute atomic E-state index is 0.0485. The van der Waals surface area contributed by atoms with Gasteiger partial charge in [0.05, 0.1) is 18.3 Å². The second-order valence-electron chi connectivity index (χ2n) is 4.94. The maximum Gasteiger partial charge on any atom is 0.165 e. The third-order valence-electron chi connectivity index (χ3n) is 3.67. The molecule has 1 saturated heterocycles. The molecule has 2 nitrogen and oxygen atoms in total. The molecule has 100 valence electrons. The molecule has 1 aromatic rings. The normalized spacial score (nSPS) is 28.4. The van der Waals surface area contributed by atoms with Crippen LogP contribution in [-0.2, 0) is 10.3 Å². The number of rotatable bonds is 2. The van der Waals surface area contributed by atoms with Gasteiger partial charge in [-0.25, -0.2) is 8.78 Å². The van der Waals surface area contributed by atoms with Crippen molar-refractivity contribution in [2.45, 2.75) is 44.8 Å². The summed E-state index contributed by atoms with van der Waals surface area (Å²) in [6.07, 6.45) is 1.25. The fraction of sp³-hybridized carbons (Fsp3) is 0.571. The molecular formula is C14H18F2O2. The maximum atomic E-state index is 13.9. The Morgan fingerprint density at radius 1 is 1.39 bits per heavy atom. The van der Waals surface area contributed by atoms with Gasteiger partial charge in [-0.15, -0.1) is 0 Å². The van der Waals surface area contributed by atoms with E-state index in [-0.39, 0.29) is 17.2 Å². The van der Waals surface area contributed by atoms with Crippen molar-refractivity contribution >= 4 is 0 Å². The van der Waals surface area contributed by atoms with Crippen molar-refractivity contribution < 1.29 is 18.6 Å². The van der Waals surface area contributed by atoms with Gasteiger partial charge < -0.3 is 9.84 Å². The zero-order valence-corrected chi connectivity index (χ0v) is 10.7. The van der Waals surface area contributed by atoms with Crippen LogP contribution in [0.3, 0.4) is 0 Å². The Morgan fingerprint density at radius 2 is 2.11 bits per heavy atom. The van der Waals surface area contributed by atoms with Gasteiger partial charge in [0.15, 0.2) is 11.6 Å². The van der Waals surface area contributed by atoms with Crippen LogP contribution in [0.4, 0.5) is 8.78 Å². The number of aryl methyl sites for hydroxylation is 1. The van der Waals surface area contributed by atoms with E-state index in [1.165, 1.54) is 19.1 Å². The molecule has 18 heavy (non-hydrogen) atoms. The number of aliphatic hydroxyl groups is 1. The first kappa shape index (κ1) is 13.4. The summed E-state index contributed by atoms with van der Waals surface area (Å²) in [4.78, 5) is 0. The van der Waals surface area contributed by atoms with Crippen molar-refractivity contribution in [2.24, 2.45) is 0 Å². The van der Waals surface area contributed by atoms with Crippen LogP contribution in [0.1, 0.15) is 37.3 Å². The molecule has 1 N–H and O–H groups in total. The van der Waals surface area contributed by atoms with E-state index in [1.54, 1.807) is 0 Å². The van der Waals surface area contributed by atoms with E-state index in [9.17, 15) is 13.9 Å². The zero-order valence-electron chi connectivity index (χ0n) is 10.7. The van der Waals surface area contributed by atoms with Gasteiger partial charge >= 0.3 is 0 Å². The van der Waals surface area contributed by atoms with E-state index in [4.69, 9.17) is 4.74 Å². The number of hydrogen-bond donors (Lipinski definition) is 1. The quantitative estimate of drug-likeness (QED) is 0.881. The van der Waals surface area contributed by atoms with Crippen LogP contribution in [0, 0.1) is 18.6 Å². The van der Waals surface area contributed by atoms with Crippen LogP contribution >= 0.6 is 0 Å². The van der Waals surface area contributed by atoms with Crippen molar-refractivity contribution in [3.63, 3.8) is 0 Å². The van der Waals surface area contributed by atoms with Crippen molar-refractivity contribution in [3.05, 3.63) is 34.9 Å². The minimum Gasteiger partial charge on any atom is -0.385 e. The summed E-state index contributed by atoms with van der Waals surface area (Å²) in [5.74, 6) is -1.81. The Balaban J connectivity index is 2.38. The van der Waals surface area contributed by atoms with E-state index >= 15 is 0 Å². The predicted octanol–water partition coefficient (Wildman–Crippen LogP) is 3.05. The highest BCUT2D eigenvalue weighted by atomic mass is 19.2. The first-order valence-corrected chi connectivity index (χ1v) is 6.27. The molecule has 2 atom stereocenters. The summed E-state index contributed by atoms with van der Waals surface area (Å²) >= 11 is 0. The highest BCUT2D eigenvalue weighted by Gasteiger charge is 2.38. The first-order chi connectivity index (χ1) is 8.48. The van der Waals surface area contributed by atoms with E-state index < -0.39 is 17.2 Å². The highest BCUT2D eigenvalue weighted by Crippen LogP contribution is 2.37. The molecule has 0 saturated carbocycles. The summed E-state index contributed by atoms with van der Waals surface area (Å²) in [6.45, 7) is 3.82. The average molecular weight is 256 g/mol. The Morgan fingerprint density at radius 3 is 2.78 bits per heavy atom. The van der Waals surface area contributed by atoms with E-state index in [1.807, 2.05) is 6.92 Å². The SMILES string of the molecule is CCC1CC(O)(c2ccc(C)c(F)c2F)CCO1. The first-order valence-electron chi connectivity index (χ1n) is 6.27. The molecule has 0 amide bonds. The average Bonchev–Trinajstić information content (AvgIpc) is 2.35.